The minimum atomic E-state index is 0.527. The Bertz CT molecular complexity index is 507. The highest BCUT2D eigenvalue weighted by atomic mass is 16.3. The largest absolute Gasteiger partial charge is 0.467 e. The summed E-state index contributed by atoms with van der Waals surface area (Å²) in [5, 5.41) is 0. The molecule has 0 radical (unpaired) electrons. The third-order valence-corrected chi connectivity index (χ3v) is 2.60. The minimum absolute atomic E-state index is 0.527. The number of hydrogen-bond acceptors (Lipinski definition) is 5. The monoisotopic (exact) mass is 232 g/mol. The lowest BCUT2D eigenvalue weighted by Crippen LogP contribution is -2.20. The average molecular weight is 232 g/mol. The fraction of sp³-hybridized carbons (Fsp3) is 0.333. The van der Waals surface area contributed by atoms with Gasteiger partial charge in [-0.15, -0.1) is 0 Å². The molecule has 0 saturated heterocycles. The quantitative estimate of drug-likeness (QED) is 0.875. The Morgan fingerprint density at radius 2 is 2.12 bits per heavy atom. The van der Waals surface area contributed by atoms with E-state index in [4.69, 9.17) is 10.2 Å². The van der Waals surface area contributed by atoms with E-state index < -0.39 is 0 Å². The highest BCUT2D eigenvalue weighted by molar-refractivity contribution is 5.56. The first-order chi connectivity index (χ1) is 8.08. The van der Waals surface area contributed by atoms with Gasteiger partial charge in [0.05, 0.1) is 12.8 Å². The van der Waals surface area contributed by atoms with Gasteiger partial charge in [-0.2, -0.15) is 0 Å². The first-order valence-electron chi connectivity index (χ1n) is 5.42. The van der Waals surface area contributed by atoms with Crippen LogP contribution in [0.25, 0.3) is 0 Å². The summed E-state index contributed by atoms with van der Waals surface area (Å²) >= 11 is 0. The molecule has 90 valence electrons. The van der Waals surface area contributed by atoms with Gasteiger partial charge in [0, 0.05) is 12.6 Å². The summed E-state index contributed by atoms with van der Waals surface area (Å²) < 4.78 is 5.31. The van der Waals surface area contributed by atoms with Crippen molar-refractivity contribution in [2.45, 2.75) is 20.4 Å². The molecule has 0 unspecified atom stereocenters. The number of hydrogen-bond donors (Lipinski definition) is 1. The van der Waals surface area contributed by atoms with Gasteiger partial charge in [0.25, 0.3) is 0 Å². The van der Waals surface area contributed by atoms with Crippen LogP contribution in [0.3, 0.4) is 0 Å². The maximum atomic E-state index is 5.83. The van der Waals surface area contributed by atoms with Crippen molar-refractivity contribution in [2.75, 3.05) is 17.7 Å². The maximum Gasteiger partial charge on any atom is 0.137 e. The van der Waals surface area contributed by atoms with Gasteiger partial charge < -0.3 is 15.1 Å². The molecule has 17 heavy (non-hydrogen) atoms. The van der Waals surface area contributed by atoms with Crippen molar-refractivity contribution in [3.63, 3.8) is 0 Å². The molecule has 0 aliphatic rings. The smallest absolute Gasteiger partial charge is 0.137 e. The van der Waals surface area contributed by atoms with Crippen molar-refractivity contribution in [2.24, 2.45) is 0 Å². The summed E-state index contributed by atoms with van der Waals surface area (Å²) in [5.74, 6) is 2.93. The van der Waals surface area contributed by atoms with Gasteiger partial charge in [0.1, 0.15) is 23.2 Å². The molecule has 0 aliphatic heterocycles. The van der Waals surface area contributed by atoms with Crippen molar-refractivity contribution < 1.29 is 4.42 Å². The fourth-order valence-corrected chi connectivity index (χ4v) is 1.72. The fourth-order valence-electron chi connectivity index (χ4n) is 1.72. The molecule has 2 aromatic rings. The highest BCUT2D eigenvalue weighted by Gasteiger charge is 2.12. The van der Waals surface area contributed by atoms with Gasteiger partial charge >= 0.3 is 0 Å². The summed E-state index contributed by atoms with van der Waals surface area (Å²) in [6.45, 7) is 4.41. The number of rotatable bonds is 3. The number of aryl methyl sites for hydroxylation is 1. The van der Waals surface area contributed by atoms with Gasteiger partial charge in [-0.05, 0) is 26.0 Å². The van der Waals surface area contributed by atoms with Crippen molar-refractivity contribution in [1.82, 2.24) is 9.97 Å². The van der Waals surface area contributed by atoms with Gasteiger partial charge in [-0.3, -0.25) is 0 Å². The summed E-state index contributed by atoms with van der Waals surface area (Å²) in [6.07, 6.45) is 1.66. The normalized spacial score (nSPS) is 10.5. The number of nitrogen functional groups attached to an aromatic ring is 1. The van der Waals surface area contributed by atoms with E-state index in [1.54, 1.807) is 6.26 Å². The molecule has 2 aromatic heterocycles. The number of furan rings is 1. The second kappa shape index (κ2) is 4.45. The predicted octanol–water partition coefficient (Wildman–Crippen LogP) is 1.91. The Morgan fingerprint density at radius 3 is 2.76 bits per heavy atom. The maximum absolute atomic E-state index is 5.83. The van der Waals surface area contributed by atoms with Crippen LogP contribution in [0.4, 0.5) is 11.6 Å². The molecule has 0 aromatic carbocycles. The van der Waals surface area contributed by atoms with E-state index in [1.165, 1.54) is 0 Å². The second-order valence-electron chi connectivity index (χ2n) is 4.04. The zero-order valence-electron chi connectivity index (χ0n) is 10.3. The molecule has 5 heteroatoms. The molecule has 0 saturated carbocycles. The van der Waals surface area contributed by atoms with Crippen molar-refractivity contribution in [3.8, 4) is 0 Å². The Morgan fingerprint density at radius 1 is 1.35 bits per heavy atom. The van der Waals surface area contributed by atoms with Gasteiger partial charge in [0.15, 0.2) is 0 Å². The lowest BCUT2D eigenvalue weighted by molar-refractivity contribution is 0.506. The first kappa shape index (κ1) is 11.4. The second-order valence-corrected chi connectivity index (χ2v) is 4.04. The molecule has 5 nitrogen and oxygen atoms in total. The van der Waals surface area contributed by atoms with Gasteiger partial charge in [0.2, 0.25) is 0 Å². The minimum Gasteiger partial charge on any atom is -0.467 e. The van der Waals surface area contributed by atoms with Crippen molar-refractivity contribution in [3.05, 3.63) is 35.5 Å². The zero-order chi connectivity index (χ0) is 12.4. The molecular formula is C12H16N4O. The summed E-state index contributed by atoms with van der Waals surface area (Å²) in [7, 11) is 1.96. The van der Waals surface area contributed by atoms with Crippen LogP contribution in [-0.2, 0) is 6.54 Å². The van der Waals surface area contributed by atoms with Gasteiger partial charge in [-0.25, -0.2) is 9.97 Å². The number of nitrogens with two attached hydrogens (primary N) is 1. The Hall–Kier alpha value is -2.04. The number of anilines is 2. The number of nitrogens with zero attached hydrogens (tertiary/aromatic N) is 3. The third-order valence-electron chi connectivity index (χ3n) is 2.60. The summed E-state index contributed by atoms with van der Waals surface area (Å²) in [4.78, 5) is 10.5. The van der Waals surface area contributed by atoms with Crippen LogP contribution >= 0.6 is 0 Å². The van der Waals surface area contributed by atoms with E-state index in [9.17, 15) is 0 Å². The Labute approximate surface area is 100 Å². The highest BCUT2D eigenvalue weighted by Crippen LogP contribution is 2.21. The van der Waals surface area contributed by atoms with E-state index in [0.717, 1.165) is 17.1 Å². The lowest BCUT2D eigenvalue weighted by Gasteiger charge is -2.19. The van der Waals surface area contributed by atoms with Crippen molar-refractivity contribution >= 4 is 11.6 Å². The van der Waals surface area contributed by atoms with E-state index >= 15 is 0 Å². The molecule has 0 aliphatic carbocycles. The third kappa shape index (κ3) is 2.38. The summed E-state index contributed by atoms with van der Waals surface area (Å²) in [5.41, 5.74) is 6.72. The van der Waals surface area contributed by atoms with Crippen molar-refractivity contribution in [1.29, 1.82) is 0 Å². The topological polar surface area (TPSA) is 68.2 Å². The zero-order valence-corrected chi connectivity index (χ0v) is 10.3. The van der Waals surface area contributed by atoms with E-state index in [-0.39, 0.29) is 0 Å². The molecule has 2 N–H and O–H groups in total. The van der Waals surface area contributed by atoms with E-state index in [1.807, 2.05) is 37.9 Å². The molecule has 0 amide bonds. The van der Waals surface area contributed by atoms with E-state index in [0.29, 0.717) is 18.2 Å². The van der Waals surface area contributed by atoms with Crippen LogP contribution in [0.1, 0.15) is 17.1 Å². The standard InChI is InChI=1S/C12H16N4O/c1-8-11(13)14-9(2)15-12(8)16(3)7-10-5-4-6-17-10/h4-6H,7H2,1-3H3,(H2,13,14,15). The van der Waals surface area contributed by atoms with Crippen LogP contribution < -0.4 is 10.6 Å². The predicted molar refractivity (Wildman–Crippen MR) is 66.7 cm³/mol. The number of aromatic nitrogens is 2. The Balaban J connectivity index is 2.27. The molecule has 2 rings (SSSR count). The molecule has 0 fully saturated rings. The molecule has 0 spiro atoms. The van der Waals surface area contributed by atoms with Crippen LogP contribution in [0.5, 0.6) is 0 Å². The molecule has 0 bridgehead atoms. The molecule has 0 atom stereocenters. The van der Waals surface area contributed by atoms with E-state index in [2.05, 4.69) is 9.97 Å². The van der Waals surface area contributed by atoms with Gasteiger partial charge in [-0.1, -0.05) is 0 Å². The first-order valence-corrected chi connectivity index (χ1v) is 5.42. The van der Waals surface area contributed by atoms with Crippen LogP contribution in [0.15, 0.2) is 22.8 Å². The molecular weight excluding hydrogens is 216 g/mol. The van der Waals surface area contributed by atoms with Crippen LogP contribution in [0, 0.1) is 13.8 Å². The Kier molecular flexibility index (Phi) is 2.99. The van der Waals surface area contributed by atoms with Crippen LogP contribution in [-0.4, -0.2) is 17.0 Å². The lowest BCUT2D eigenvalue weighted by atomic mass is 10.3. The average Bonchev–Trinajstić information content (AvgIpc) is 2.76. The van der Waals surface area contributed by atoms with Crippen LogP contribution in [0.2, 0.25) is 0 Å². The molecule has 2 heterocycles. The SMILES string of the molecule is Cc1nc(N)c(C)c(N(C)Cc2ccco2)n1. The summed E-state index contributed by atoms with van der Waals surface area (Å²) in [6, 6.07) is 3.80.